The quantitative estimate of drug-likeness (QED) is 0.680. The average Bonchev–Trinajstić information content (AvgIpc) is 3.26. The number of sulfonamides is 1. The monoisotopic (exact) mass is 464 g/mol. The predicted molar refractivity (Wildman–Crippen MR) is 118 cm³/mol. The van der Waals surface area contributed by atoms with Gasteiger partial charge in [-0.3, -0.25) is 4.79 Å². The highest BCUT2D eigenvalue weighted by molar-refractivity contribution is 7.89. The Hall–Kier alpha value is -2.29. The Morgan fingerprint density at radius 2 is 1.68 bits per heavy atom. The van der Waals surface area contributed by atoms with Crippen molar-refractivity contribution in [2.75, 3.05) is 40.4 Å². The smallest absolute Gasteiger partial charge is 0.254 e. The van der Waals surface area contributed by atoms with E-state index in [1.807, 2.05) is 6.07 Å². The van der Waals surface area contributed by atoms with E-state index in [0.29, 0.717) is 35.0 Å². The highest BCUT2D eigenvalue weighted by Gasteiger charge is 2.31. The Labute approximate surface area is 187 Å². The summed E-state index contributed by atoms with van der Waals surface area (Å²) in [6, 6.07) is 8.55. The van der Waals surface area contributed by atoms with Gasteiger partial charge < -0.3 is 14.4 Å². The number of amides is 1. The Bertz CT molecular complexity index is 1110. The van der Waals surface area contributed by atoms with Crippen molar-refractivity contribution in [3.05, 3.63) is 52.0 Å². The summed E-state index contributed by atoms with van der Waals surface area (Å²) in [4.78, 5) is 14.9. The minimum absolute atomic E-state index is 0.225. The molecule has 0 atom stereocenters. The second-order valence-corrected chi connectivity index (χ2v) is 10.0. The molecule has 0 bridgehead atoms. The third-order valence-electron chi connectivity index (χ3n) is 5.91. The van der Waals surface area contributed by atoms with Gasteiger partial charge in [-0.1, -0.05) is 17.7 Å². The highest BCUT2D eigenvalue weighted by Crippen LogP contribution is 2.36. The molecular formula is C22H25ClN2O5S. The van der Waals surface area contributed by atoms with Crippen LogP contribution >= 0.6 is 11.6 Å². The van der Waals surface area contributed by atoms with Gasteiger partial charge in [0.25, 0.3) is 5.91 Å². The number of benzene rings is 2. The summed E-state index contributed by atoms with van der Waals surface area (Å²) in [5.41, 5.74) is 2.74. The molecule has 0 aromatic heterocycles. The van der Waals surface area contributed by atoms with Crippen LogP contribution in [0.1, 0.15) is 27.9 Å². The lowest BCUT2D eigenvalue weighted by atomic mass is 10.1. The van der Waals surface area contributed by atoms with Crippen molar-refractivity contribution < 1.29 is 22.7 Å². The zero-order valence-electron chi connectivity index (χ0n) is 17.6. The van der Waals surface area contributed by atoms with Crippen LogP contribution < -0.4 is 9.47 Å². The van der Waals surface area contributed by atoms with Gasteiger partial charge in [-0.15, -0.1) is 0 Å². The van der Waals surface area contributed by atoms with Crippen LogP contribution in [0.3, 0.4) is 0 Å². The van der Waals surface area contributed by atoms with Gasteiger partial charge in [0, 0.05) is 31.7 Å². The summed E-state index contributed by atoms with van der Waals surface area (Å²) in [6.45, 7) is 1.09. The van der Waals surface area contributed by atoms with Crippen LogP contribution in [0.2, 0.25) is 5.02 Å². The average molecular weight is 465 g/mol. The van der Waals surface area contributed by atoms with E-state index >= 15 is 0 Å². The van der Waals surface area contributed by atoms with Crippen LogP contribution in [0, 0.1) is 0 Å². The lowest BCUT2D eigenvalue weighted by Crippen LogP contribution is -2.50. The highest BCUT2D eigenvalue weighted by atomic mass is 35.5. The topological polar surface area (TPSA) is 76.2 Å². The van der Waals surface area contributed by atoms with Crippen LogP contribution in [0.25, 0.3) is 0 Å². The number of hydrogen-bond donors (Lipinski definition) is 0. The van der Waals surface area contributed by atoms with Crippen molar-refractivity contribution in [1.82, 2.24) is 9.21 Å². The standard InChI is InChI=1S/C22H25ClN2O5S/c1-29-20-14-17(13-19(23)21(20)30-2)22(26)24-8-10-25(11-9-24)31(27,28)18-7-6-15-4-3-5-16(15)12-18/h6-7,12-14H,3-5,8-11H2,1-2H3. The van der Waals surface area contributed by atoms with E-state index < -0.39 is 10.0 Å². The minimum Gasteiger partial charge on any atom is -0.493 e. The van der Waals surface area contributed by atoms with Crippen molar-refractivity contribution in [2.45, 2.75) is 24.2 Å². The normalized spacial score (nSPS) is 16.8. The number of halogens is 1. The molecule has 2 aromatic carbocycles. The number of ether oxygens (including phenoxy) is 2. The zero-order chi connectivity index (χ0) is 22.2. The Morgan fingerprint density at radius 3 is 2.35 bits per heavy atom. The summed E-state index contributed by atoms with van der Waals surface area (Å²) in [5, 5.41) is 0.281. The number of piperazine rings is 1. The van der Waals surface area contributed by atoms with Crippen LogP contribution in [0.4, 0.5) is 0 Å². The van der Waals surface area contributed by atoms with Crippen molar-refractivity contribution in [2.24, 2.45) is 0 Å². The number of nitrogens with zero attached hydrogens (tertiary/aromatic N) is 2. The van der Waals surface area contributed by atoms with Gasteiger partial charge in [-0.05, 0) is 54.7 Å². The molecule has 0 saturated carbocycles. The molecule has 166 valence electrons. The largest absolute Gasteiger partial charge is 0.493 e. The maximum atomic E-state index is 13.1. The maximum absolute atomic E-state index is 13.1. The summed E-state index contributed by atoms with van der Waals surface area (Å²) in [7, 11) is -0.631. The summed E-state index contributed by atoms with van der Waals surface area (Å²) in [6.07, 6.45) is 3.01. The summed E-state index contributed by atoms with van der Waals surface area (Å²) < 4.78 is 38.2. The third kappa shape index (κ3) is 4.12. The molecule has 1 fully saturated rings. The summed E-state index contributed by atoms with van der Waals surface area (Å²) >= 11 is 6.22. The fraction of sp³-hybridized carbons (Fsp3) is 0.409. The molecule has 4 rings (SSSR count). The predicted octanol–water partition coefficient (Wildman–Crippen LogP) is 2.99. The molecule has 1 amide bonds. The van der Waals surface area contributed by atoms with E-state index in [2.05, 4.69) is 0 Å². The van der Waals surface area contributed by atoms with Crippen LogP contribution in [-0.4, -0.2) is 63.9 Å². The molecule has 7 nitrogen and oxygen atoms in total. The summed E-state index contributed by atoms with van der Waals surface area (Å²) in [5.74, 6) is 0.514. The van der Waals surface area contributed by atoms with Crippen molar-refractivity contribution in [1.29, 1.82) is 0 Å². The molecule has 1 saturated heterocycles. The van der Waals surface area contributed by atoms with E-state index in [0.717, 1.165) is 24.8 Å². The second kappa shape index (κ2) is 8.68. The van der Waals surface area contributed by atoms with Gasteiger partial charge in [0.1, 0.15) is 0 Å². The molecule has 1 aliphatic carbocycles. The van der Waals surface area contributed by atoms with Gasteiger partial charge >= 0.3 is 0 Å². The molecule has 0 spiro atoms. The molecule has 1 aliphatic heterocycles. The molecule has 2 aromatic rings. The SMILES string of the molecule is COc1cc(C(=O)N2CCN(S(=O)(=O)c3ccc4c(c3)CCC4)CC2)cc(Cl)c1OC. The molecule has 31 heavy (non-hydrogen) atoms. The van der Waals surface area contributed by atoms with Crippen LogP contribution in [0.5, 0.6) is 11.5 Å². The van der Waals surface area contributed by atoms with Gasteiger partial charge in [0.15, 0.2) is 11.5 Å². The van der Waals surface area contributed by atoms with Crippen LogP contribution in [0.15, 0.2) is 35.2 Å². The first kappa shape index (κ1) is 21.9. The van der Waals surface area contributed by atoms with E-state index in [-0.39, 0.29) is 24.0 Å². The van der Waals surface area contributed by atoms with Gasteiger partial charge in [-0.2, -0.15) is 4.31 Å². The fourth-order valence-electron chi connectivity index (χ4n) is 4.21. The lowest BCUT2D eigenvalue weighted by molar-refractivity contribution is 0.0697. The Kier molecular flexibility index (Phi) is 6.14. The minimum atomic E-state index is -3.59. The second-order valence-electron chi connectivity index (χ2n) is 7.67. The number of carbonyl (C=O) groups excluding carboxylic acids is 1. The number of fused-ring (bicyclic) bond motifs is 1. The van der Waals surface area contributed by atoms with Crippen molar-refractivity contribution >= 4 is 27.5 Å². The molecule has 2 aliphatic rings. The van der Waals surface area contributed by atoms with Crippen LogP contribution in [-0.2, 0) is 22.9 Å². The van der Waals surface area contributed by atoms with Gasteiger partial charge in [-0.25, -0.2) is 8.42 Å². The van der Waals surface area contributed by atoms with Gasteiger partial charge in [0.2, 0.25) is 10.0 Å². The first-order chi connectivity index (χ1) is 14.8. The molecule has 0 unspecified atom stereocenters. The molecule has 1 heterocycles. The maximum Gasteiger partial charge on any atom is 0.254 e. The van der Waals surface area contributed by atoms with Gasteiger partial charge in [0.05, 0.1) is 24.1 Å². The number of carbonyl (C=O) groups is 1. The molecular weight excluding hydrogens is 440 g/mol. The molecule has 9 heteroatoms. The first-order valence-electron chi connectivity index (χ1n) is 10.2. The number of aryl methyl sites for hydroxylation is 2. The number of methoxy groups -OCH3 is 2. The van der Waals surface area contributed by atoms with E-state index in [9.17, 15) is 13.2 Å². The van der Waals surface area contributed by atoms with Crippen molar-refractivity contribution in [3.8, 4) is 11.5 Å². The Balaban J connectivity index is 1.47. The Morgan fingerprint density at radius 1 is 0.968 bits per heavy atom. The first-order valence-corrected chi connectivity index (χ1v) is 12.0. The molecule has 0 N–H and O–H groups in total. The van der Waals surface area contributed by atoms with E-state index in [1.54, 1.807) is 29.2 Å². The van der Waals surface area contributed by atoms with E-state index in [1.165, 1.54) is 24.1 Å². The fourth-order valence-corrected chi connectivity index (χ4v) is 5.97. The van der Waals surface area contributed by atoms with E-state index in [4.69, 9.17) is 21.1 Å². The van der Waals surface area contributed by atoms with Crippen molar-refractivity contribution in [3.63, 3.8) is 0 Å². The molecule has 0 radical (unpaired) electrons. The lowest BCUT2D eigenvalue weighted by Gasteiger charge is -2.34. The number of hydrogen-bond acceptors (Lipinski definition) is 5. The number of rotatable bonds is 5. The third-order valence-corrected chi connectivity index (χ3v) is 8.09. The zero-order valence-corrected chi connectivity index (χ0v) is 19.1.